The fourth-order valence-electron chi connectivity index (χ4n) is 1.88. The van der Waals surface area contributed by atoms with E-state index in [-0.39, 0.29) is 17.4 Å². The summed E-state index contributed by atoms with van der Waals surface area (Å²) < 4.78 is 6.67. The van der Waals surface area contributed by atoms with E-state index in [9.17, 15) is 9.90 Å². The van der Waals surface area contributed by atoms with Crippen molar-refractivity contribution in [2.75, 3.05) is 0 Å². The molecule has 0 aliphatic rings. The molecular formula is C14H10NO3+. The highest BCUT2D eigenvalue weighted by molar-refractivity contribution is 6.08. The van der Waals surface area contributed by atoms with Crippen LogP contribution in [0, 0.1) is 0 Å². The van der Waals surface area contributed by atoms with E-state index >= 15 is 0 Å². The molecule has 1 N–H and O–H groups in total. The number of ketones is 1. The number of aromatic nitrogens is 1. The van der Waals surface area contributed by atoms with Gasteiger partial charge < -0.3 is 9.52 Å². The normalized spacial score (nSPS) is 10.7. The van der Waals surface area contributed by atoms with E-state index in [4.69, 9.17) is 4.42 Å². The highest BCUT2D eigenvalue weighted by atomic mass is 16.5. The van der Waals surface area contributed by atoms with Crippen LogP contribution in [0.4, 0.5) is 0 Å². The Labute approximate surface area is 103 Å². The smallest absolute Gasteiger partial charge is 0.382 e. The third-order valence-corrected chi connectivity index (χ3v) is 2.72. The van der Waals surface area contributed by atoms with Gasteiger partial charge in [0.25, 0.3) is 5.78 Å². The number of rotatable bonds is 2. The van der Waals surface area contributed by atoms with Gasteiger partial charge in [-0.1, -0.05) is 30.3 Å². The van der Waals surface area contributed by atoms with Crippen LogP contribution in [0.1, 0.15) is 16.1 Å². The Morgan fingerprint density at radius 2 is 1.78 bits per heavy atom. The van der Waals surface area contributed by atoms with Crippen molar-refractivity contribution >= 4 is 11.5 Å². The van der Waals surface area contributed by atoms with Gasteiger partial charge in [0.05, 0.1) is 6.07 Å². The van der Waals surface area contributed by atoms with Crippen molar-refractivity contribution in [3.05, 3.63) is 66.0 Å². The molecule has 18 heavy (non-hydrogen) atoms. The molecule has 0 spiro atoms. The molecule has 0 atom stereocenters. The van der Waals surface area contributed by atoms with Crippen LogP contribution >= 0.6 is 0 Å². The molecule has 0 saturated heterocycles. The molecule has 0 radical (unpaired) electrons. The summed E-state index contributed by atoms with van der Waals surface area (Å²) in [6.07, 6.45) is 1.68. The predicted molar refractivity (Wildman–Crippen MR) is 63.4 cm³/mol. The fourth-order valence-corrected chi connectivity index (χ4v) is 1.88. The van der Waals surface area contributed by atoms with E-state index in [1.54, 1.807) is 48.7 Å². The molecule has 0 aliphatic heterocycles. The molecule has 4 nitrogen and oxygen atoms in total. The first-order chi connectivity index (χ1) is 8.77. The summed E-state index contributed by atoms with van der Waals surface area (Å²) in [7, 11) is 0. The number of hydrogen-bond acceptors (Lipinski definition) is 3. The lowest BCUT2D eigenvalue weighted by molar-refractivity contribution is -0.516. The fraction of sp³-hybridized carbons (Fsp3) is 0. The average molecular weight is 240 g/mol. The van der Waals surface area contributed by atoms with Crippen molar-refractivity contribution in [2.24, 2.45) is 0 Å². The first-order valence-electron chi connectivity index (χ1n) is 5.49. The highest BCUT2D eigenvalue weighted by Crippen LogP contribution is 2.20. The van der Waals surface area contributed by atoms with Gasteiger partial charge in [-0.3, -0.25) is 4.79 Å². The second-order valence-electron chi connectivity index (χ2n) is 3.86. The van der Waals surface area contributed by atoms with E-state index in [0.717, 1.165) is 0 Å². The minimum atomic E-state index is -0.366. The number of oxazole rings is 1. The zero-order chi connectivity index (χ0) is 12.5. The molecule has 3 rings (SSSR count). The molecular weight excluding hydrogens is 230 g/mol. The summed E-state index contributed by atoms with van der Waals surface area (Å²) in [6.45, 7) is 0. The van der Waals surface area contributed by atoms with E-state index in [1.165, 1.54) is 4.40 Å². The number of nitrogens with zero attached hydrogens (tertiary/aromatic N) is 1. The topological polar surface area (TPSA) is 54.5 Å². The summed E-state index contributed by atoms with van der Waals surface area (Å²) in [5.74, 6) is -0.641. The van der Waals surface area contributed by atoms with Gasteiger partial charge in [-0.15, -0.1) is 4.40 Å². The SMILES string of the molecule is O=C(c1ccccc1)c1c(O)oc2cccc[n+]12. The van der Waals surface area contributed by atoms with Gasteiger partial charge in [-0.2, -0.15) is 0 Å². The Morgan fingerprint density at radius 1 is 1.06 bits per heavy atom. The standard InChI is InChI=1S/C14H9NO3/c16-13(10-6-2-1-3-7-10)12-14(17)18-11-8-4-5-9-15(11)12/h1-9H/p+1. The number of fused-ring (bicyclic) bond motifs is 1. The molecule has 2 heterocycles. The molecule has 0 saturated carbocycles. The molecule has 0 aliphatic carbocycles. The summed E-state index contributed by atoms with van der Waals surface area (Å²) in [6, 6.07) is 14.0. The van der Waals surface area contributed by atoms with Gasteiger partial charge >= 0.3 is 17.4 Å². The lowest BCUT2D eigenvalue weighted by atomic mass is 10.1. The molecule has 4 heteroatoms. The van der Waals surface area contributed by atoms with Crippen molar-refractivity contribution in [3.8, 4) is 5.95 Å². The van der Waals surface area contributed by atoms with Crippen LogP contribution in [-0.4, -0.2) is 10.9 Å². The maximum Gasteiger partial charge on any atom is 0.382 e. The van der Waals surface area contributed by atoms with Gasteiger partial charge in [0.1, 0.15) is 0 Å². The van der Waals surface area contributed by atoms with Gasteiger partial charge in [0.15, 0.2) is 6.20 Å². The number of benzene rings is 1. The minimum absolute atomic E-state index is 0.136. The number of carbonyl (C=O) groups is 1. The quantitative estimate of drug-likeness (QED) is 0.550. The average Bonchev–Trinajstić information content (AvgIpc) is 2.75. The second-order valence-corrected chi connectivity index (χ2v) is 3.86. The van der Waals surface area contributed by atoms with Crippen LogP contribution in [0.3, 0.4) is 0 Å². The number of hydrogen-bond donors (Lipinski definition) is 1. The van der Waals surface area contributed by atoms with Crippen LogP contribution in [-0.2, 0) is 0 Å². The molecule has 88 valence electrons. The van der Waals surface area contributed by atoms with E-state index in [2.05, 4.69) is 0 Å². The predicted octanol–water partition coefficient (Wildman–Crippen LogP) is 1.95. The summed E-state index contributed by atoms with van der Waals surface area (Å²) in [5.41, 5.74) is 1.07. The minimum Gasteiger partial charge on any atom is -0.476 e. The van der Waals surface area contributed by atoms with E-state index < -0.39 is 0 Å². The third-order valence-electron chi connectivity index (χ3n) is 2.72. The van der Waals surface area contributed by atoms with Crippen molar-refractivity contribution in [3.63, 3.8) is 0 Å². The van der Waals surface area contributed by atoms with Crippen molar-refractivity contribution in [2.45, 2.75) is 0 Å². The third kappa shape index (κ3) is 1.55. The monoisotopic (exact) mass is 240 g/mol. The first kappa shape index (κ1) is 10.5. The summed E-state index contributed by atoms with van der Waals surface area (Å²) in [5, 5.41) is 9.76. The van der Waals surface area contributed by atoms with Gasteiger partial charge in [-0.05, 0) is 6.07 Å². The number of pyridine rings is 1. The second kappa shape index (κ2) is 4.00. The van der Waals surface area contributed by atoms with Crippen LogP contribution in [0.5, 0.6) is 5.95 Å². The number of carbonyl (C=O) groups excluding carboxylic acids is 1. The lowest BCUT2D eigenvalue weighted by Gasteiger charge is -1.93. The maximum atomic E-state index is 12.3. The molecule has 0 bridgehead atoms. The number of aromatic hydroxyl groups is 1. The van der Waals surface area contributed by atoms with Crippen LogP contribution in [0.2, 0.25) is 0 Å². The largest absolute Gasteiger partial charge is 0.476 e. The Hall–Kier alpha value is -2.62. The Balaban J connectivity index is 2.21. The zero-order valence-electron chi connectivity index (χ0n) is 9.41. The zero-order valence-corrected chi connectivity index (χ0v) is 9.41. The van der Waals surface area contributed by atoms with Crippen LogP contribution in [0.15, 0.2) is 59.1 Å². The Morgan fingerprint density at radius 3 is 2.56 bits per heavy atom. The van der Waals surface area contributed by atoms with Crippen molar-refractivity contribution < 1.29 is 18.7 Å². The van der Waals surface area contributed by atoms with E-state index in [0.29, 0.717) is 11.3 Å². The Bertz CT molecular complexity index is 716. The van der Waals surface area contributed by atoms with E-state index in [1.807, 2.05) is 6.07 Å². The van der Waals surface area contributed by atoms with Crippen molar-refractivity contribution in [1.29, 1.82) is 0 Å². The molecule has 0 amide bonds. The first-order valence-corrected chi connectivity index (χ1v) is 5.49. The van der Waals surface area contributed by atoms with Gasteiger partial charge in [-0.25, -0.2) is 0 Å². The molecule has 2 aromatic heterocycles. The molecule has 3 aromatic rings. The molecule has 1 aromatic carbocycles. The Kier molecular flexibility index (Phi) is 2.34. The highest BCUT2D eigenvalue weighted by Gasteiger charge is 2.30. The molecule has 0 unspecified atom stereocenters. The van der Waals surface area contributed by atoms with Crippen LogP contribution < -0.4 is 4.40 Å². The summed E-state index contributed by atoms with van der Waals surface area (Å²) in [4.78, 5) is 12.3. The van der Waals surface area contributed by atoms with Crippen LogP contribution in [0.25, 0.3) is 5.71 Å². The molecule has 0 fully saturated rings. The van der Waals surface area contributed by atoms with Gasteiger partial charge in [0.2, 0.25) is 0 Å². The maximum absolute atomic E-state index is 12.3. The van der Waals surface area contributed by atoms with Gasteiger partial charge in [0, 0.05) is 11.6 Å². The lowest BCUT2D eigenvalue weighted by Crippen LogP contribution is -2.27. The van der Waals surface area contributed by atoms with Crippen molar-refractivity contribution in [1.82, 2.24) is 0 Å². The summed E-state index contributed by atoms with van der Waals surface area (Å²) >= 11 is 0.